The van der Waals surface area contributed by atoms with Gasteiger partial charge in [-0.1, -0.05) is 11.8 Å². The summed E-state index contributed by atoms with van der Waals surface area (Å²) in [5.74, 6) is -0.834. The van der Waals surface area contributed by atoms with Gasteiger partial charge in [-0.2, -0.15) is 0 Å². The summed E-state index contributed by atoms with van der Waals surface area (Å²) in [6.07, 6.45) is 0.370. The molecule has 7 nitrogen and oxygen atoms in total. The Kier molecular flexibility index (Phi) is 5.29. The zero-order valence-corrected chi connectivity index (χ0v) is 10.2. The third-order valence-corrected chi connectivity index (χ3v) is 2.51. The standard InChI is InChI=1S/C9H13N3O4S/c1-15-8(16-2)6-5(7(13)14)3-11-9(12-6)17-4-10/h3,8H,4,10H2,1-2H3,(H,13,14). The van der Waals surface area contributed by atoms with Crippen molar-refractivity contribution >= 4 is 17.7 Å². The van der Waals surface area contributed by atoms with Crippen molar-refractivity contribution in [2.75, 3.05) is 20.1 Å². The lowest BCUT2D eigenvalue weighted by Gasteiger charge is -2.15. The van der Waals surface area contributed by atoms with Gasteiger partial charge in [-0.15, -0.1) is 0 Å². The first kappa shape index (κ1) is 13.8. The van der Waals surface area contributed by atoms with Crippen molar-refractivity contribution in [1.82, 2.24) is 9.97 Å². The van der Waals surface area contributed by atoms with E-state index in [2.05, 4.69) is 9.97 Å². The van der Waals surface area contributed by atoms with Gasteiger partial charge in [0.05, 0.1) is 0 Å². The van der Waals surface area contributed by atoms with E-state index in [1.54, 1.807) is 0 Å². The van der Waals surface area contributed by atoms with Crippen LogP contribution < -0.4 is 5.73 Å². The minimum Gasteiger partial charge on any atom is -0.478 e. The number of aromatic nitrogens is 2. The minimum absolute atomic E-state index is 0.0555. The quantitative estimate of drug-likeness (QED) is 0.431. The second-order valence-corrected chi connectivity index (χ2v) is 3.86. The number of hydrogen-bond donors (Lipinski definition) is 2. The highest BCUT2D eigenvalue weighted by Gasteiger charge is 2.21. The molecule has 0 aromatic carbocycles. The van der Waals surface area contributed by atoms with Gasteiger partial charge in [0.15, 0.2) is 5.16 Å². The molecular formula is C9H13N3O4S. The number of carbonyl (C=O) groups is 1. The van der Waals surface area contributed by atoms with Crippen LogP contribution in [0.2, 0.25) is 0 Å². The lowest BCUT2D eigenvalue weighted by Crippen LogP contribution is -2.14. The Balaban J connectivity index is 3.19. The van der Waals surface area contributed by atoms with Crippen molar-refractivity contribution in [2.24, 2.45) is 5.73 Å². The van der Waals surface area contributed by atoms with Gasteiger partial charge in [0.25, 0.3) is 0 Å². The van der Waals surface area contributed by atoms with E-state index in [1.807, 2.05) is 0 Å². The van der Waals surface area contributed by atoms with E-state index in [9.17, 15) is 4.79 Å². The van der Waals surface area contributed by atoms with Crippen molar-refractivity contribution in [3.05, 3.63) is 17.5 Å². The highest BCUT2D eigenvalue weighted by Crippen LogP contribution is 2.22. The number of nitrogens with two attached hydrogens (primary N) is 1. The molecule has 8 heteroatoms. The third-order valence-electron chi connectivity index (χ3n) is 1.89. The molecule has 0 aliphatic heterocycles. The maximum Gasteiger partial charge on any atom is 0.339 e. The van der Waals surface area contributed by atoms with Gasteiger partial charge in [-0.25, -0.2) is 14.8 Å². The molecule has 0 spiro atoms. The Morgan fingerprint density at radius 3 is 2.71 bits per heavy atom. The average Bonchev–Trinajstić information content (AvgIpc) is 2.31. The van der Waals surface area contributed by atoms with Crippen LogP contribution in [-0.2, 0) is 9.47 Å². The summed E-state index contributed by atoms with van der Waals surface area (Å²) < 4.78 is 9.99. The lowest BCUT2D eigenvalue weighted by atomic mass is 10.2. The van der Waals surface area contributed by atoms with Crippen LogP contribution in [0.4, 0.5) is 0 Å². The number of nitrogens with zero attached hydrogens (tertiary/aromatic N) is 2. The molecule has 1 rings (SSSR count). The molecular weight excluding hydrogens is 246 g/mol. The van der Waals surface area contributed by atoms with E-state index in [1.165, 1.54) is 32.2 Å². The lowest BCUT2D eigenvalue weighted by molar-refractivity contribution is -0.109. The molecule has 1 heterocycles. The molecule has 17 heavy (non-hydrogen) atoms. The number of hydrogen-bond acceptors (Lipinski definition) is 7. The molecule has 0 radical (unpaired) electrons. The van der Waals surface area contributed by atoms with Crippen LogP contribution in [-0.4, -0.2) is 41.1 Å². The van der Waals surface area contributed by atoms with Crippen LogP contribution in [0.5, 0.6) is 0 Å². The fourth-order valence-corrected chi connectivity index (χ4v) is 1.63. The molecule has 0 bridgehead atoms. The van der Waals surface area contributed by atoms with E-state index >= 15 is 0 Å². The molecule has 0 unspecified atom stereocenters. The number of rotatable bonds is 6. The van der Waals surface area contributed by atoms with Crippen molar-refractivity contribution < 1.29 is 19.4 Å². The van der Waals surface area contributed by atoms with Crippen LogP contribution in [0.1, 0.15) is 22.3 Å². The van der Waals surface area contributed by atoms with Crippen LogP contribution in [0.15, 0.2) is 11.4 Å². The van der Waals surface area contributed by atoms with Gasteiger partial charge in [0.2, 0.25) is 6.29 Å². The molecule has 0 aliphatic rings. The summed E-state index contributed by atoms with van der Waals surface area (Å²) in [6, 6.07) is 0. The molecule has 0 amide bonds. The maximum absolute atomic E-state index is 11.0. The third kappa shape index (κ3) is 3.37. The first-order valence-electron chi connectivity index (χ1n) is 4.62. The highest BCUT2D eigenvalue weighted by molar-refractivity contribution is 7.99. The van der Waals surface area contributed by atoms with Crippen molar-refractivity contribution in [3.8, 4) is 0 Å². The maximum atomic E-state index is 11.0. The van der Waals surface area contributed by atoms with E-state index in [4.69, 9.17) is 20.3 Å². The largest absolute Gasteiger partial charge is 0.478 e. The number of carboxylic acid groups (broad SMARTS) is 1. The fraction of sp³-hybridized carbons (Fsp3) is 0.444. The SMILES string of the molecule is COC(OC)c1nc(SCN)ncc1C(=O)O. The van der Waals surface area contributed by atoms with Gasteiger partial charge < -0.3 is 20.3 Å². The smallest absolute Gasteiger partial charge is 0.339 e. The summed E-state index contributed by atoms with van der Waals surface area (Å²) in [6.45, 7) is 0. The zero-order valence-electron chi connectivity index (χ0n) is 9.41. The Bertz CT molecular complexity index is 398. The number of methoxy groups -OCH3 is 2. The molecule has 0 saturated heterocycles. The Morgan fingerprint density at radius 2 is 2.24 bits per heavy atom. The summed E-state index contributed by atoms with van der Waals surface area (Å²) in [7, 11) is 2.80. The highest BCUT2D eigenvalue weighted by atomic mass is 32.2. The fourth-order valence-electron chi connectivity index (χ4n) is 1.19. The number of carboxylic acids is 1. The Labute approximate surface area is 102 Å². The van der Waals surface area contributed by atoms with Crippen LogP contribution in [0, 0.1) is 0 Å². The van der Waals surface area contributed by atoms with Crippen LogP contribution in [0.3, 0.4) is 0 Å². The number of ether oxygens (including phenoxy) is 2. The first-order chi connectivity index (χ1) is 8.13. The number of thioether (sulfide) groups is 1. The van der Waals surface area contributed by atoms with E-state index in [-0.39, 0.29) is 11.3 Å². The second kappa shape index (κ2) is 6.50. The van der Waals surface area contributed by atoms with E-state index in [0.717, 1.165) is 0 Å². The topological polar surface area (TPSA) is 108 Å². The molecule has 0 aliphatic carbocycles. The molecule has 0 saturated carbocycles. The molecule has 1 aromatic rings. The Morgan fingerprint density at radius 1 is 1.59 bits per heavy atom. The summed E-state index contributed by atoms with van der Waals surface area (Å²) in [5, 5.41) is 9.38. The molecule has 94 valence electrons. The monoisotopic (exact) mass is 259 g/mol. The van der Waals surface area contributed by atoms with Gasteiger partial charge in [-0.05, 0) is 0 Å². The van der Waals surface area contributed by atoms with Crippen LogP contribution >= 0.6 is 11.8 Å². The summed E-state index contributed by atoms with van der Waals surface area (Å²) in [5.41, 5.74) is 5.47. The molecule has 0 atom stereocenters. The predicted octanol–water partition coefficient (Wildman–Crippen LogP) is 0.474. The van der Waals surface area contributed by atoms with E-state index in [0.29, 0.717) is 11.0 Å². The van der Waals surface area contributed by atoms with Gasteiger partial charge in [0, 0.05) is 26.3 Å². The van der Waals surface area contributed by atoms with Gasteiger partial charge >= 0.3 is 5.97 Å². The normalized spacial score (nSPS) is 10.8. The molecule has 3 N–H and O–H groups in total. The van der Waals surface area contributed by atoms with Crippen molar-refractivity contribution in [3.63, 3.8) is 0 Å². The average molecular weight is 259 g/mol. The first-order valence-corrected chi connectivity index (χ1v) is 5.61. The summed E-state index contributed by atoms with van der Waals surface area (Å²) in [4.78, 5) is 19.0. The number of aromatic carboxylic acids is 1. The predicted molar refractivity (Wildman–Crippen MR) is 60.7 cm³/mol. The Hall–Kier alpha value is -1.22. The second-order valence-electron chi connectivity index (χ2n) is 2.87. The van der Waals surface area contributed by atoms with Gasteiger partial charge in [-0.3, -0.25) is 0 Å². The zero-order chi connectivity index (χ0) is 12.8. The van der Waals surface area contributed by atoms with Crippen molar-refractivity contribution in [2.45, 2.75) is 11.4 Å². The molecule has 1 aromatic heterocycles. The summed E-state index contributed by atoms with van der Waals surface area (Å²) >= 11 is 1.20. The van der Waals surface area contributed by atoms with E-state index < -0.39 is 12.3 Å². The van der Waals surface area contributed by atoms with Gasteiger partial charge in [0.1, 0.15) is 11.3 Å². The van der Waals surface area contributed by atoms with Crippen LogP contribution in [0.25, 0.3) is 0 Å². The van der Waals surface area contributed by atoms with Crippen molar-refractivity contribution in [1.29, 1.82) is 0 Å². The molecule has 0 fully saturated rings. The minimum atomic E-state index is -1.14.